The molecular formula is C17H11BrN2. The number of nitrogens with zero attached hydrogens (tertiary/aromatic N) is 2. The van der Waals surface area contributed by atoms with Gasteiger partial charge in [-0.3, -0.25) is 4.40 Å². The van der Waals surface area contributed by atoms with E-state index >= 15 is 0 Å². The average Bonchev–Trinajstić information content (AvgIpc) is 2.92. The molecule has 2 heterocycles. The lowest BCUT2D eigenvalue weighted by Crippen LogP contribution is -1.85. The SMILES string of the molecule is Brc1ccccc1-c1cn2c(ccc3ccccc32)n1. The molecule has 0 atom stereocenters. The maximum Gasteiger partial charge on any atom is 0.137 e. The van der Waals surface area contributed by atoms with E-state index in [0.29, 0.717) is 0 Å². The number of aromatic nitrogens is 2. The molecule has 0 spiro atoms. The number of hydrogen-bond donors (Lipinski definition) is 0. The zero-order valence-electron chi connectivity index (χ0n) is 10.6. The fraction of sp³-hybridized carbons (Fsp3) is 0. The molecule has 0 unspecified atom stereocenters. The summed E-state index contributed by atoms with van der Waals surface area (Å²) in [5.74, 6) is 0. The van der Waals surface area contributed by atoms with Crippen LogP contribution in [0.25, 0.3) is 27.8 Å². The third-order valence-electron chi connectivity index (χ3n) is 3.49. The Bertz CT molecular complexity index is 924. The summed E-state index contributed by atoms with van der Waals surface area (Å²) in [4.78, 5) is 4.73. The van der Waals surface area contributed by atoms with Crippen molar-refractivity contribution in [2.75, 3.05) is 0 Å². The number of para-hydroxylation sites is 1. The van der Waals surface area contributed by atoms with E-state index < -0.39 is 0 Å². The summed E-state index contributed by atoms with van der Waals surface area (Å²) in [5, 5.41) is 1.22. The number of fused-ring (bicyclic) bond motifs is 3. The zero-order chi connectivity index (χ0) is 13.5. The average molecular weight is 323 g/mol. The van der Waals surface area contributed by atoms with Crippen molar-refractivity contribution in [2.45, 2.75) is 0 Å². The summed E-state index contributed by atoms with van der Waals surface area (Å²) in [6.07, 6.45) is 2.09. The van der Waals surface area contributed by atoms with Crippen LogP contribution in [0.4, 0.5) is 0 Å². The van der Waals surface area contributed by atoms with Crippen molar-refractivity contribution in [2.24, 2.45) is 0 Å². The van der Waals surface area contributed by atoms with Crippen LogP contribution in [0.15, 0.2) is 71.3 Å². The van der Waals surface area contributed by atoms with Crippen LogP contribution in [0, 0.1) is 0 Å². The van der Waals surface area contributed by atoms with Gasteiger partial charge in [0.1, 0.15) is 5.65 Å². The number of halogens is 1. The van der Waals surface area contributed by atoms with Crippen LogP contribution in [-0.2, 0) is 0 Å². The molecule has 0 aliphatic rings. The molecule has 2 aromatic carbocycles. The van der Waals surface area contributed by atoms with Gasteiger partial charge in [-0.2, -0.15) is 0 Å². The molecule has 0 aliphatic heterocycles. The Morgan fingerprint density at radius 3 is 2.55 bits per heavy atom. The van der Waals surface area contributed by atoms with Crippen LogP contribution in [0.5, 0.6) is 0 Å². The molecule has 0 aliphatic carbocycles. The van der Waals surface area contributed by atoms with Crippen LogP contribution >= 0.6 is 15.9 Å². The lowest BCUT2D eigenvalue weighted by Gasteiger charge is -2.00. The van der Waals surface area contributed by atoms with Gasteiger partial charge in [0.2, 0.25) is 0 Å². The maximum atomic E-state index is 4.73. The highest BCUT2D eigenvalue weighted by molar-refractivity contribution is 9.10. The van der Waals surface area contributed by atoms with Gasteiger partial charge in [0, 0.05) is 16.2 Å². The summed E-state index contributed by atoms with van der Waals surface area (Å²) >= 11 is 3.59. The molecule has 20 heavy (non-hydrogen) atoms. The predicted molar refractivity (Wildman–Crippen MR) is 85.8 cm³/mol. The second-order valence-electron chi connectivity index (χ2n) is 4.73. The van der Waals surface area contributed by atoms with E-state index in [0.717, 1.165) is 21.4 Å². The molecule has 0 radical (unpaired) electrons. The van der Waals surface area contributed by atoms with Crippen LogP contribution < -0.4 is 0 Å². The number of hydrogen-bond acceptors (Lipinski definition) is 1. The van der Waals surface area contributed by atoms with E-state index in [1.165, 1.54) is 10.9 Å². The largest absolute Gasteiger partial charge is 0.299 e. The first kappa shape index (κ1) is 11.7. The summed E-state index contributed by atoms with van der Waals surface area (Å²) in [7, 11) is 0. The number of benzene rings is 2. The lowest BCUT2D eigenvalue weighted by atomic mass is 10.2. The predicted octanol–water partition coefficient (Wildman–Crippen LogP) is 4.92. The fourth-order valence-corrected chi connectivity index (χ4v) is 3.00. The van der Waals surface area contributed by atoms with E-state index in [-0.39, 0.29) is 0 Å². The van der Waals surface area contributed by atoms with Gasteiger partial charge in [-0.15, -0.1) is 0 Å². The first-order chi connectivity index (χ1) is 9.83. The van der Waals surface area contributed by atoms with E-state index in [1.54, 1.807) is 0 Å². The minimum Gasteiger partial charge on any atom is -0.299 e. The van der Waals surface area contributed by atoms with Crippen LogP contribution in [-0.4, -0.2) is 9.38 Å². The van der Waals surface area contributed by atoms with Gasteiger partial charge in [-0.25, -0.2) is 4.98 Å². The summed E-state index contributed by atoms with van der Waals surface area (Å²) in [6.45, 7) is 0. The second kappa shape index (κ2) is 4.46. The van der Waals surface area contributed by atoms with Crippen molar-refractivity contribution < 1.29 is 0 Å². The standard InChI is InChI=1S/C17H11BrN2/c18-14-7-3-2-6-13(14)15-11-20-16-8-4-1-5-12(16)9-10-17(20)19-15/h1-11H. The van der Waals surface area contributed by atoms with Gasteiger partial charge in [0.05, 0.1) is 11.2 Å². The summed E-state index contributed by atoms with van der Waals surface area (Å²) < 4.78 is 3.21. The van der Waals surface area contributed by atoms with Crippen molar-refractivity contribution >= 4 is 32.5 Å². The van der Waals surface area contributed by atoms with Crippen LogP contribution in [0.3, 0.4) is 0 Å². The summed E-state index contributed by atoms with van der Waals surface area (Å²) in [5.41, 5.74) is 4.24. The molecule has 2 nitrogen and oxygen atoms in total. The lowest BCUT2D eigenvalue weighted by molar-refractivity contribution is 1.26. The molecule has 0 saturated carbocycles. The van der Waals surface area contributed by atoms with Crippen molar-refractivity contribution in [3.05, 3.63) is 71.3 Å². The molecule has 4 rings (SSSR count). The highest BCUT2D eigenvalue weighted by Crippen LogP contribution is 2.28. The minimum atomic E-state index is 0.967. The molecule has 0 amide bonds. The highest BCUT2D eigenvalue weighted by atomic mass is 79.9. The van der Waals surface area contributed by atoms with Crippen molar-refractivity contribution in [1.82, 2.24) is 9.38 Å². The Labute approximate surface area is 124 Å². The first-order valence-corrected chi connectivity index (χ1v) is 7.24. The Kier molecular flexibility index (Phi) is 2.60. The Balaban J connectivity index is 2.04. The number of rotatable bonds is 1. The quantitative estimate of drug-likeness (QED) is 0.486. The van der Waals surface area contributed by atoms with E-state index in [9.17, 15) is 0 Å². The molecule has 0 N–H and O–H groups in total. The normalized spacial score (nSPS) is 11.2. The number of imidazole rings is 1. The van der Waals surface area contributed by atoms with Crippen molar-refractivity contribution in [3.8, 4) is 11.3 Å². The molecule has 0 saturated heterocycles. The Hall–Kier alpha value is -2.13. The van der Waals surface area contributed by atoms with E-state index in [2.05, 4.69) is 69.0 Å². The molecule has 96 valence electrons. The monoisotopic (exact) mass is 322 g/mol. The van der Waals surface area contributed by atoms with Gasteiger partial charge in [0.25, 0.3) is 0 Å². The topological polar surface area (TPSA) is 17.3 Å². The first-order valence-electron chi connectivity index (χ1n) is 6.45. The molecule has 2 aromatic heterocycles. The van der Waals surface area contributed by atoms with Gasteiger partial charge in [0.15, 0.2) is 0 Å². The molecular weight excluding hydrogens is 312 g/mol. The Morgan fingerprint density at radius 1 is 0.850 bits per heavy atom. The van der Waals surface area contributed by atoms with Crippen LogP contribution in [0.2, 0.25) is 0 Å². The smallest absolute Gasteiger partial charge is 0.137 e. The van der Waals surface area contributed by atoms with Gasteiger partial charge in [-0.05, 0) is 29.7 Å². The summed E-state index contributed by atoms with van der Waals surface area (Å²) in [6, 6.07) is 20.7. The Morgan fingerprint density at radius 2 is 1.65 bits per heavy atom. The molecule has 0 bridgehead atoms. The van der Waals surface area contributed by atoms with Gasteiger partial charge < -0.3 is 0 Å². The molecule has 3 heteroatoms. The molecule has 0 fully saturated rings. The third kappa shape index (κ3) is 1.74. The minimum absolute atomic E-state index is 0.967. The highest BCUT2D eigenvalue weighted by Gasteiger charge is 2.08. The van der Waals surface area contributed by atoms with Crippen LogP contribution in [0.1, 0.15) is 0 Å². The van der Waals surface area contributed by atoms with Crippen molar-refractivity contribution in [1.29, 1.82) is 0 Å². The zero-order valence-corrected chi connectivity index (χ0v) is 12.2. The third-order valence-corrected chi connectivity index (χ3v) is 4.18. The van der Waals surface area contributed by atoms with E-state index in [1.807, 2.05) is 18.2 Å². The second-order valence-corrected chi connectivity index (χ2v) is 5.58. The van der Waals surface area contributed by atoms with Gasteiger partial charge >= 0.3 is 0 Å². The van der Waals surface area contributed by atoms with Crippen molar-refractivity contribution in [3.63, 3.8) is 0 Å². The molecule has 4 aromatic rings. The van der Waals surface area contributed by atoms with Gasteiger partial charge in [-0.1, -0.05) is 52.3 Å². The van der Waals surface area contributed by atoms with E-state index in [4.69, 9.17) is 4.98 Å². The maximum absolute atomic E-state index is 4.73. The fourth-order valence-electron chi connectivity index (χ4n) is 2.52. The number of pyridine rings is 1.